The van der Waals surface area contributed by atoms with Crippen molar-refractivity contribution in [2.75, 3.05) is 13.1 Å². The number of likely N-dealkylation sites (N-methyl/N-ethyl adjacent to an activating group) is 1. The van der Waals surface area contributed by atoms with Gasteiger partial charge in [-0.25, -0.2) is 8.78 Å². The van der Waals surface area contributed by atoms with Gasteiger partial charge in [-0.15, -0.1) is 0 Å². The number of benzene rings is 1. The minimum absolute atomic E-state index is 0.185. The van der Waals surface area contributed by atoms with E-state index in [1.807, 2.05) is 13.8 Å². The summed E-state index contributed by atoms with van der Waals surface area (Å²) < 4.78 is 27.4. The number of nitrogens with one attached hydrogen (secondary N) is 2. The van der Waals surface area contributed by atoms with E-state index < -0.39 is 17.7 Å². The Morgan fingerprint density at radius 3 is 2.52 bits per heavy atom. The maximum atomic E-state index is 14.2. The van der Waals surface area contributed by atoms with Crippen LogP contribution in [0.15, 0.2) is 29.5 Å². The van der Waals surface area contributed by atoms with Crippen LogP contribution in [0, 0.1) is 11.6 Å². The molecule has 0 saturated heterocycles. The minimum Gasteiger partial charge on any atom is -0.351 e. The number of hydrogen-bond donors (Lipinski definition) is 2. The molecule has 0 radical (unpaired) electrons. The molecule has 1 aliphatic heterocycles. The Bertz CT molecular complexity index is 671. The fourth-order valence-corrected chi connectivity index (χ4v) is 2.90. The van der Waals surface area contributed by atoms with Gasteiger partial charge < -0.3 is 15.5 Å². The molecule has 1 amide bonds. The number of rotatable bonds is 4. The highest BCUT2D eigenvalue weighted by atomic mass is 32.1. The summed E-state index contributed by atoms with van der Waals surface area (Å²) in [6.07, 6.45) is 0. The zero-order valence-electron chi connectivity index (χ0n) is 13.2. The minimum atomic E-state index is -0.752. The van der Waals surface area contributed by atoms with Gasteiger partial charge in [-0.3, -0.25) is 4.79 Å². The second kappa shape index (κ2) is 7.04. The highest BCUT2D eigenvalue weighted by molar-refractivity contribution is 7.80. The van der Waals surface area contributed by atoms with Gasteiger partial charge in [0.1, 0.15) is 11.6 Å². The molecule has 0 aromatic heterocycles. The molecule has 1 aromatic carbocycles. The summed E-state index contributed by atoms with van der Waals surface area (Å²) in [4.78, 5) is 14.4. The molecule has 0 fully saturated rings. The third kappa shape index (κ3) is 3.50. The molecule has 0 spiro atoms. The first-order chi connectivity index (χ1) is 10.9. The predicted molar refractivity (Wildman–Crippen MR) is 88.6 cm³/mol. The first-order valence-corrected chi connectivity index (χ1v) is 7.82. The molecule has 2 N–H and O–H groups in total. The standard InChI is InChI=1S/C16H19F2N3OS/c1-4-21(5-2)15(22)13-9(3)19-16(23)20-14(13)11-7-6-10(17)8-12(11)18/h6-8,14H,4-5H2,1-3H3,(H2,19,20,23)/t14-/m1/s1. The number of nitrogens with zero attached hydrogens (tertiary/aromatic N) is 1. The molecular weight excluding hydrogens is 320 g/mol. The molecule has 0 unspecified atom stereocenters. The first-order valence-electron chi connectivity index (χ1n) is 7.41. The number of allylic oxidation sites excluding steroid dienone is 1. The van der Waals surface area contributed by atoms with Crippen molar-refractivity contribution in [1.82, 2.24) is 15.5 Å². The normalized spacial score (nSPS) is 17.6. The van der Waals surface area contributed by atoms with Gasteiger partial charge in [0.2, 0.25) is 0 Å². The van der Waals surface area contributed by atoms with E-state index in [1.165, 1.54) is 12.1 Å². The Morgan fingerprint density at radius 2 is 1.96 bits per heavy atom. The zero-order valence-corrected chi connectivity index (χ0v) is 14.1. The van der Waals surface area contributed by atoms with Gasteiger partial charge in [0.05, 0.1) is 11.6 Å². The van der Waals surface area contributed by atoms with E-state index in [4.69, 9.17) is 12.2 Å². The Kier molecular flexibility index (Phi) is 5.30. The van der Waals surface area contributed by atoms with E-state index in [-0.39, 0.29) is 11.5 Å². The van der Waals surface area contributed by atoms with Gasteiger partial charge in [0.25, 0.3) is 5.91 Å². The maximum absolute atomic E-state index is 14.2. The number of carbonyl (C=O) groups excluding carboxylic acids is 1. The van der Waals surface area contributed by atoms with E-state index >= 15 is 0 Å². The van der Waals surface area contributed by atoms with Crippen LogP contribution < -0.4 is 10.6 Å². The lowest BCUT2D eigenvalue weighted by atomic mass is 9.94. The molecule has 2 rings (SSSR count). The smallest absolute Gasteiger partial charge is 0.253 e. The molecule has 0 bridgehead atoms. The van der Waals surface area contributed by atoms with Crippen LogP contribution in [0.1, 0.15) is 32.4 Å². The third-order valence-corrected chi connectivity index (χ3v) is 4.04. The van der Waals surface area contributed by atoms with Crippen molar-refractivity contribution in [3.8, 4) is 0 Å². The molecule has 0 aliphatic carbocycles. The van der Waals surface area contributed by atoms with Gasteiger partial charge in [-0.05, 0) is 39.1 Å². The summed E-state index contributed by atoms with van der Waals surface area (Å²) in [5.74, 6) is -1.59. The molecule has 0 saturated carbocycles. The fraction of sp³-hybridized carbons (Fsp3) is 0.375. The van der Waals surface area contributed by atoms with Crippen LogP contribution in [0.2, 0.25) is 0 Å². The van der Waals surface area contributed by atoms with Crippen molar-refractivity contribution in [2.45, 2.75) is 26.8 Å². The van der Waals surface area contributed by atoms with Crippen molar-refractivity contribution in [3.05, 3.63) is 46.7 Å². The van der Waals surface area contributed by atoms with Crippen LogP contribution >= 0.6 is 12.2 Å². The van der Waals surface area contributed by atoms with Crippen LogP contribution in [-0.2, 0) is 4.79 Å². The number of amides is 1. The average molecular weight is 339 g/mol. The summed E-state index contributed by atoms with van der Waals surface area (Å²) in [6, 6.07) is 2.55. The summed E-state index contributed by atoms with van der Waals surface area (Å²) in [5, 5.41) is 6.11. The fourth-order valence-electron chi connectivity index (χ4n) is 2.63. The predicted octanol–water partition coefficient (Wildman–Crippen LogP) is 2.63. The Balaban J connectivity index is 2.52. The first kappa shape index (κ1) is 17.3. The van der Waals surface area contributed by atoms with Crippen molar-refractivity contribution < 1.29 is 13.6 Å². The van der Waals surface area contributed by atoms with Gasteiger partial charge in [0.15, 0.2) is 5.11 Å². The summed E-state index contributed by atoms with van der Waals surface area (Å²) in [6.45, 7) is 6.54. The maximum Gasteiger partial charge on any atom is 0.253 e. The molecular formula is C16H19F2N3OS. The van der Waals surface area contributed by atoms with Crippen molar-refractivity contribution in [3.63, 3.8) is 0 Å². The second-order valence-electron chi connectivity index (χ2n) is 5.21. The van der Waals surface area contributed by atoms with E-state index in [2.05, 4.69) is 10.6 Å². The number of halogens is 2. The lowest BCUT2D eigenvalue weighted by Crippen LogP contribution is -2.47. The summed E-state index contributed by atoms with van der Waals surface area (Å²) in [7, 11) is 0. The molecule has 1 aromatic rings. The van der Waals surface area contributed by atoms with Crippen LogP contribution in [-0.4, -0.2) is 29.0 Å². The molecule has 124 valence electrons. The SMILES string of the molecule is CCN(CC)C(=O)C1=C(C)NC(=S)N[C@@H]1c1ccc(F)cc1F. The molecule has 1 atom stereocenters. The number of thiocarbonyl (C=S) groups is 1. The van der Waals surface area contributed by atoms with Crippen LogP contribution in [0.25, 0.3) is 0 Å². The van der Waals surface area contributed by atoms with E-state index in [9.17, 15) is 13.6 Å². The third-order valence-electron chi connectivity index (χ3n) is 3.82. The van der Waals surface area contributed by atoms with Gasteiger partial charge in [-0.2, -0.15) is 0 Å². The van der Waals surface area contributed by atoms with E-state index in [0.29, 0.717) is 29.5 Å². The van der Waals surface area contributed by atoms with Crippen molar-refractivity contribution in [1.29, 1.82) is 0 Å². The molecule has 7 heteroatoms. The lowest BCUT2D eigenvalue weighted by molar-refractivity contribution is -0.127. The number of carbonyl (C=O) groups is 1. The van der Waals surface area contributed by atoms with Gasteiger partial charge >= 0.3 is 0 Å². The van der Waals surface area contributed by atoms with Crippen LogP contribution in [0.4, 0.5) is 8.78 Å². The Labute approximate surface area is 139 Å². The highest BCUT2D eigenvalue weighted by Crippen LogP contribution is 2.30. The molecule has 4 nitrogen and oxygen atoms in total. The van der Waals surface area contributed by atoms with E-state index in [1.54, 1.807) is 11.8 Å². The van der Waals surface area contributed by atoms with Crippen LogP contribution in [0.3, 0.4) is 0 Å². The van der Waals surface area contributed by atoms with Gasteiger partial charge in [0, 0.05) is 30.4 Å². The number of hydrogen-bond acceptors (Lipinski definition) is 2. The van der Waals surface area contributed by atoms with E-state index in [0.717, 1.165) is 6.07 Å². The summed E-state index contributed by atoms with van der Waals surface area (Å²) in [5.41, 5.74) is 1.14. The largest absolute Gasteiger partial charge is 0.351 e. The van der Waals surface area contributed by atoms with Crippen LogP contribution in [0.5, 0.6) is 0 Å². The molecule has 1 aliphatic rings. The quantitative estimate of drug-likeness (QED) is 0.828. The van der Waals surface area contributed by atoms with Crippen molar-refractivity contribution >= 4 is 23.2 Å². The Hall–Kier alpha value is -2.02. The highest BCUT2D eigenvalue weighted by Gasteiger charge is 2.33. The molecule has 23 heavy (non-hydrogen) atoms. The van der Waals surface area contributed by atoms with Gasteiger partial charge in [-0.1, -0.05) is 6.07 Å². The zero-order chi connectivity index (χ0) is 17.1. The van der Waals surface area contributed by atoms with Crippen molar-refractivity contribution in [2.24, 2.45) is 0 Å². The second-order valence-corrected chi connectivity index (χ2v) is 5.62. The monoisotopic (exact) mass is 339 g/mol. The Morgan fingerprint density at radius 1 is 1.30 bits per heavy atom. The molecule has 1 heterocycles. The lowest BCUT2D eigenvalue weighted by Gasteiger charge is -2.33. The summed E-state index contributed by atoms with van der Waals surface area (Å²) >= 11 is 5.11. The topological polar surface area (TPSA) is 44.4 Å². The average Bonchev–Trinajstić information content (AvgIpc) is 2.47.